The minimum Gasteiger partial charge on any atom is -0.312 e. The quantitative estimate of drug-likeness (QED) is 0.881. The maximum atomic E-state index is 4.35. The molecule has 0 saturated heterocycles. The molecule has 3 atom stereocenters. The van der Waals surface area contributed by atoms with E-state index in [0.29, 0.717) is 12.0 Å². The Hall–Kier alpha value is -0.480. The number of rotatable bonds is 5. The van der Waals surface area contributed by atoms with Crippen LogP contribution in [0, 0.1) is 11.8 Å². The molecule has 3 unspecified atom stereocenters. The second kappa shape index (κ2) is 6.80. The Kier molecular flexibility index (Phi) is 5.34. The Morgan fingerprint density at radius 1 is 1.37 bits per heavy atom. The molecule has 0 bridgehead atoms. The molecule has 1 fully saturated rings. The lowest BCUT2D eigenvalue weighted by molar-refractivity contribution is 0.215. The third-order valence-electron chi connectivity index (χ3n) is 4.55. The molecular weight excluding hydrogens is 254 g/mol. The average molecular weight is 281 g/mol. The highest BCUT2D eigenvalue weighted by Crippen LogP contribution is 2.40. The van der Waals surface area contributed by atoms with Crippen molar-refractivity contribution in [2.24, 2.45) is 11.8 Å². The van der Waals surface area contributed by atoms with Crippen molar-refractivity contribution >= 4 is 11.5 Å². The summed E-state index contributed by atoms with van der Waals surface area (Å²) in [4.78, 5) is 1.37. The summed E-state index contributed by atoms with van der Waals surface area (Å²) in [6.45, 7) is 6.75. The second-order valence-electron chi connectivity index (χ2n) is 6.14. The van der Waals surface area contributed by atoms with E-state index < -0.39 is 0 Å². The van der Waals surface area contributed by atoms with Gasteiger partial charge in [0.25, 0.3) is 0 Å². The largest absolute Gasteiger partial charge is 0.312 e. The predicted molar refractivity (Wildman–Crippen MR) is 81.5 cm³/mol. The number of aromatic nitrogens is 2. The van der Waals surface area contributed by atoms with Gasteiger partial charge in [-0.25, -0.2) is 0 Å². The molecule has 1 aliphatic carbocycles. The smallest absolute Gasteiger partial charge is 0.0829 e. The van der Waals surface area contributed by atoms with Gasteiger partial charge in [-0.2, -0.15) is 0 Å². The molecular formula is C15H27N3S. The summed E-state index contributed by atoms with van der Waals surface area (Å²) in [5.74, 6) is 2.14. The Morgan fingerprint density at radius 2 is 2.16 bits per heavy atom. The van der Waals surface area contributed by atoms with Crippen LogP contribution in [0.5, 0.6) is 0 Å². The van der Waals surface area contributed by atoms with Gasteiger partial charge < -0.3 is 5.32 Å². The highest BCUT2D eigenvalue weighted by Gasteiger charge is 2.31. The fraction of sp³-hybridized carbons (Fsp3) is 0.867. The number of nitrogens with one attached hydrogen (secondary N) is 1. The van der Waals surface area contributed by atoms with Gasteiger partial charge in [0, 0.05) is 6.04 Å². The minimum absolute atomic E-state index is 0.451. The van der Waals surface area contributed by atoms with Crippen molar-refractivity contribution < 1.29 is 0 Å². The highest BCUT2D eigenvalue weighted by atomic mass is 32.1. The van der Waals surface area contributed by atoms with E-state index in [1.54, 1.807) is 11.5 Å². The minimum atomic E-state index is 0.451. The molecule has 108 valence electrons. The maximum absolute atomic E-state index is 4.35. The molecule has 0 radical (unpaired) electrons. The van der Waals surface area contributed by atoms with Crippen LogP contribution >= 0.6 is 11.5 Å². The second-order valence-corrected chi connectivity index (χ2v) is 6.93. The lowest BCUT2D eigenvalue weighted by Gasteiger charge is -2.34. The first kappa shape index (κ1) is 14.9. The van der Waals surface area contributed by atoms with Crippen LogP contribution in [0.25, 0.3) is 0 Å². The molecule has 1 aromatic rings. The summed E-state index contributed by atoms with van der Waals surface area (Å²) in [6.07, 6.45) is 6.83. The van der Waals surface area contributed by atoms with Crippen LogP contribution in [0.3, 0.4) is 0 Å². The first-order valence-corrected chi connectivity index (χ1v) is 8.44. The van der Waals surface area contributed by atoms with Crippen LogP contribution in [0.2, 0.25) is 0 Å². The summed E-state index contributed by atoms with van der Waals surface area (Å²) in [5.41, 5.74) is 1.20. The van der Waals surface area contributed by atoms with Crippen LogP contribution in [0.1, 0.15) is 75.4 Å². The van der Waals surface area contributed by atoms with E-state index in [0.717, 1.165) is 11.8 Å². The fourth-order valence-electron chi connectivity index (χ4n) is 3.41. The van der Waals surface area contributed by atoms with Crippen molar-refractivity contribution in [2.75, 3.05) is 7.05 Å². The van der Waals surface area contributed by atoms with E-state index in [4.69, 9.17) is 0 Å². The lowest BCUT2D eigenvalue weighted by Crippen LogP contribution is -2.29. The van der Waals surface area contributed by atoms with Crippen LogP contribution in [-0.2, 0) is 0 Å². The van der Waals surface area contributed by atoms with Crippen molar-refractivity contribution in [1.29, 1.82) is 0 Å². The SMILES string of the molecule is CCC1CCCC(C(NC)c2snnc2C(C)C)C1. The standard InChI is InChI=1S/C15H27N3S/c1-5-11-7-6-8-12(9-11)14(16-4)15-13(10(2)3)17-18-19-15/h10-12,14,16H,5-9H2,1-4H3. The van der Waals surface area contributed by atoms with Gasteiger partial charge in [0.05, 0.1) is 10.6 Å². The predicted octanol–water partition coefficient (Wildman–Crippen LogP) is 4.14. The van der Waals surface area contributed by atoms with E-state index in [9.17, 15) is 0 Å². The van der Waals surface area contributed by atoms with Gasteiger partial charge in [-0.3, -0.25) is 0 Å². The van der Waals surface area contributed by atoms with Gasteiger partial charge in [0.15, 0.2) is 0 Å². The first-order chi connectivity index (χ1) is 9.17. The molecule has 3 nitrogen and oxygen atoms in total. The monoisotopic (exact) mass is 281 g/mol. The molecule has 0 spiro atoms. The van der Waals surface area contributed by atoms with Crippen LogP contribution in [-0.4, -0.2) is 16.6 Å². The zero-order valence-corrected chi connectivity index (χ0v) is 13.5. The topological polar surface area (TPSA) is 37.8 Å². The third-order valence-corrected chi connectivity index (χ3v) is 5.38. The van der Waals surface area contributed by atoms with E-state index in [2.05, 4.69) is 42.7 Å². The summed E-state index contributed by atoms with van der Waals surface area (Å²) < 4.78 is 4.20. The summed E-state index contributed by atoms with van der Waals surface area (Å²) >= 11 is 1.59. The van der Waals surface area contributed by atoms with Crippen molar-refractivity contribution in [3.05, 3.63) is 10.6 Å². The van der Waals surface area contributed by atoms with E-state index >= 15 is 0 Å². The zero-order valence-electron chi connectivity index (χ0n) is 12.6. The fourth-order valence-corrected chi connectivity index (χ4v) is 4.42. The van der Waals surface area contributed by atoms with Gasteiger partial charge in [-0.1, -0.05) is 44.5 Å². The van der Waals surface area contributed by atoms with Crippen molar-refractivity contribution in [2.45, 2.75) is 64.8 Å². The highest BCUT2D eigenvalue weighted by molar-refractivity contribution is 7.05. The van der Waals surface area contributed by atoms with Crippen molar-refractivity contribution in [3.63, 3.8) is 0 Å². The number of hydrogen-bond acceptors (Lipinski definition) is 4. The normalized spacial score (nSPS) is 25.7. The molecule has 19 heavy (non-hydrogen) atoms. The van der Waals surface area contributed by atoms with Gasteiger partial charge in [0.1, 0.15) is 0 Å². The van der Waals surface area contributed by atoms with E-state index in [1.807, 2.05) is 0 Å². The molecule has 0 aromatic carbocycles. The van der Waals surface area contributed by atoms with Crippen LogP contribution < -0.4 is 5.32 Å². The van der Waals surface area contributed by atoms with Crippen LogP contribution in [0.15, 0.2) is 0 Å². The molecule has 1 saturated carbocycles. The molecule has 1 aromatic heterocycles. The Labute approximate surface area is 121 Å². The molecule has 1 aliphatic rings. The lowest BCUT2D eigenvalue weighted by atomic mass is 9.76. The number of nitrogens with zero attached hydrogens (tertiary/aromatic N) is 2. The van der Waals surface area contributed by atoms with Crippen molar-refractivity contribution in [3.8, 4) is 0 Å². The van der Waals surface area contributed by atoms with E-state index in [1.165, 1.54) is 42.7 Å². The zero-order chi connectivity index (χ0) is 13.8. The van der Waals surface area contributed by atoms with Gasteiger partial charge in [-0.05, 0) is 49.2 Å². The maximum Gasteiger partial charge on any atom is 0.0829 e. The summed E-state index contributed by atoms with van der Waals surface area (Å²) in [5, 5.41) is 7.89. The Balaban J connectivity index is 2.17. The summed E-state index contributed by atoms with van der Waals surface area (Å²) in [6, 6.07) is 0.451. The molecule has 0 aliphatic heterocycles. The number of hydrogen-bond donors (Lipinski definition) is 1. The van der Waals surface area contributed by atoms with Crippen molar-refractivity contribution in [1.82, 2.24) is 14.9 Å². The molecule has 0 amide bonds. The van der Waals surface area contributed by atoms with Gasteiger partial charge in [-0.15, -0.1) is 5.10 Å². The first-order valence-electron chi connectivity index (χ1n) is 7.66. The molecule has 1 N–H and O–H groups in total. The Morgan fingerprint density at radius 3 is 2.79 bits per heavy atom. The molecule has 2 rings (SSSR count). The molecule has 4 heteroatoms. The molecule has 1 heterocycles. The Bertz CT molecular complexity index is 388. The average Bonchev–Trinajstić information content (AvgIpc) is 2.89. The summed E-state index contributed by atoms with van der Waals surface area (Å²) in [7, 11) is 2.09. The third kappa shape index (κ3) is 3.34. The van der Waals surface area contributed by atoms with E-state index in [-0.39, 0.29) is 0 Å². The van der Waals surface area contributed by atoms with Crippen LogP contribution in [0.4, 0.5) is 0 Å². The van der Waals surface area contributed by atoms with Gasteiger partial charge in [0.2, 0.25) is 0 Å². The van der Waals surface area contributed by atoms with Gasteiger partial charge >= 0.3 is 0 Å².